The highest BCUT2D eigenvalue weighted by molar-refractivity contribution is 8.16. The summed E-state index contributed by atoms with van der Waals surface area (Å²) in [6, 6.07) is 22.9. The lowest BCUT2D eigenvalue weighted by atomic mass is 10.1. The maximum absolute atomic E-state index is 12.4. The van der Waals surface area contributed by atoms with Crippen LogP contribution >= 0.6 is 23.5 Å². The zero-order valence-corrected chi connectivity index (χ0v) is 20.7. The Bertz CT molecular complexity index is 1110. The average Bonchev–Trinajstić information content (AvgIpc) is 2.87. The molecule has 4 rings (SSSR count). The fraction of sp³-hybridized carbons (Fsp3) is 0.259. The topological polar surface area (TPSA) is 67.4 Å². The summed E-state index contributed by atoms with van der Waals surface area (Å²) in [5.74, 6) is 2.74. The zero-order chi connectivity index (χ0) is 23.8. The van der Waals surface area contributed by atoms with Crippen molar-refractivity contribution in [1.29, 1.82) is 0 Å². The number of amides is 2. The molecule has 1 saturated heterocycles. The Morgan fingerprint density at radius 1 is 0.971 bits per heavy atom. The summed E-state index contributed by atoms with van der Waals surface area (Å²) >= 11 is 3.97. The summed E-state index contributed by atoms with van der Waals surface area (Å²) in [6.07, 6.45) is 1.27. The molecule has 0 atom stereocenters. The van der Waals surface area contributed by atoms with Crippen LogP contribution in [0.3, 0.4) is 0 Å². The number of thioether (sulfide) groups is 2. The number of ether oxygens (including phenoxy) is 1. The first-order valence-electron chi connectivity index (χ1n) is 11.3. The monoisotopic (exact) mass is 492 g/mol. The highest BCUT2D eigenvalue weighted by atomic mass is 32.2. The van der Waals surface area contributed by atoms with E-state index in [1.807, 2.05) is 79.0 Å². The molecule has 176 valence electrons. The van der Waals surface area contributed by atoms with E-state index in [2.05, 4.69) is 22.8 Å². The van der Waals surface area contributed by atoms with Gasteiger partial charge in [0.15, 0.2) is 6.61 Å². The standard InChI is InChI=1S/C27H28N2O3S2/c1-19-6-8-21(9-7-19)26(31)29-23-5-2-4-20(16-23)17-28-25(30)18-32-24-12-10-22(11-13-24)27-33-14-3-15-34-27/h2,4-13,16,27H,3,14-15,17-18H2,1H3,(H,28,30)(H,29,31). The van der Waals surface area contributed by atoms with Gasteiger partial charge < -0.3 is 15.4 Å². The molecule has 3 aromatic rings. The van der Waals surface area contributed by atoms with Crippen molar-refractivity contribution in [2.75, 3.05) is 23.4 Å². The lowest BCUT2D eigenvalue weighted by Gasteiger charge is -2.21. The van der Waals surface area contributed by atoms with Crippen molar-refractivity contribution in [1.82, 2.24) is 5.32 Å². The van der Waals surface area contributed by atoms with Crippen LogP contribution in [-0.4, -0.2) is 29.9 Å². The fourth-order valence-electron chi connectivity index (χ4n) is 3.47. The largest absolute Gasteiger partial charge is 0.484 e. The number of anilines is 1. The van der Waals surface area contributed by atoms with E-state index in [1.165, 1.54) is 23.5 Å². The van der Waals surface area contributed by atoms with Gasteiger partial charge in [-0.1, -0.05) is 42.0 Å². The Hall–Kier alpha value is -2.90. The van der Waals surface area contributed by atoms with Gasteiger partial charge in [-0.05, 0) is 72.4 Å². The summed E-state index contributed by atoms with van der Waals surface area (Å²) in [5.41, 5.74) is 4.57. The van der Waals surface area contributed by atoms with Crippen LogP contribution in [0.5, 0.6) is 5.75 Å². The molecule has 0 bridgehead atoms. The van der Waals surface area contributed by atoms with Gasteiger partial charge in [0, 0.05) is 17.8 Å². The van der Waals surface area contributed by atoms with E-state index in [0.29, 0.717) is 28.1 Å². The fourth-order valence-corrected chi connectivity index (χ4v) is 6.36. The Labute approximate surface area is 209 Å². The molecule has 1 heterocycles. The second-order valence-corrected chi connectivity index (χ2v) is 10.8. The molecule has 1 aliphatic heterocycles. The molecule has 1 aliphatic rings. The number of carbonyl (C=O) groups is 2. The minimum absolute atomic E-state index is 0.0455. The second kappa shape index (κ2) is 12.0. The summed E-state index contributed by atoms with van der Waals surface area (Å²) < 4.78 is 6.14. The number of hydrogen-bond acceptors (Lipinski definition) is 5. The van der Waals surface area contributed by atoms with E-state index in [4.69, 9.17) is 4.74 Å². The molecule has 0 spiro atoms. The van der Waals surface area contributed by atoms with Gasteiger partial charge in [-0.15, -0.1) is 23.5 Å². The minimum Gasteiger partial charge on any atom is -0.484 e. The van der Waals surface area contributed by atoms with Crippen molar-refractivity contribution in [2.45, 2.75) is 24.5 Å². The van der Waals surface area contributed by atoms with Crippen molar-refractivity contribution in [2.24, 2.45) is 0 Å². The van der Waals surface area contributed by atoms with Crippen molar-refractivity contribution in [3.8, 4) is 5.75 Å². The summed E-state index contributed by atoms with van der Waals surface area (Å²) in [5, 5.41) is 5.77. The molecule has 34 heavy (non-hydrogen) atoms. The van der Waals surface area contributed by atoms with Gasteiger partial charge in [-0.3, -0.25) is 9.59 Å². The quantitative estimate of drug-likeness (QED) is 0.415. The van der Waals surface area contributed by atoms with E-state index < -0.39 is 0 Å². The molecule has 1 fully saturated rings. The maximum atomic E-state index is 12.4. The van der Waals surface area contributed by atoms with Crippen molar-refractivity contribution in [3.63, 3.8) is 0 Å². The van der Waals surface area contributed by atoms with Gasteiger partial charge in [0.05, 0.1) is 4.58 Å². The van der Waals surface area contributed by atoms with Crippen LogP contribution in [0.2, 0.25) is 0 Å². The first-order valence-corrected chi connectivity index (χ1v) is 13.4. The number of aryl methyl sites for hydroxylation is 1. The lowest BCUT2D eigenvalue weighted by molar-refractivity contribution is -0.123. The van der Waals surface area contributed by atoms with Gasteiger partial charge >= 0.3 is 0 Å². The molecule has 0 unspecified atom stereocenters. The highest BCUT2D eigenvalue weighted by Crippen LogP contribution is 2.43. The van der Waals surface area contributed by atoms with E-state index in [1.54, 1.807) is 12.1 Å². The predicted octanol–water partition coefficient (Wildman–Crippen LogP) is 5.81. The van der Waals surface area contributed by atoms with Crippen LogP contribution in [0.15, 0.2) is 72.8 Å². The second-order valence-electron chi connectivity index (χ2n) is 8.08. The summed E-state index contributed by atoms with van der Waals surface area (Å²) in [6.45, 7) is 2.29. The SMILES string of the molecule is Cc1ccc(C(=O)Nc2cccc(CNC(=O)COc3ccc(C4SCCCS4)cc3)c2)cc1. The summed E-state index contributed by atoms with van der Waals surface area (Å²) in [7, 11) is 0. The minimum atomic E-state index is -0.198. The molecule has 0 aliphatic carbocycles. The van der Waals surface area contributed by atoms with Crippen molar-refractivity contribution in [3.05, 3.63) is 95.1 Å². The molecule has 2 amide bonds. The number of rotatable bonds is 8. The van der Waals surface area contributed by atoms with Gasteiger partial charge in [0.1, 0.15) is 5.75 Å². The first-order chi connectivity index (χ1) is 16.6. The number of nitrogens with one attached hydrogen (secondary N) is 2. The van der Waals surface area contributed by atoms with Crippen LogP contribution in [0.4, 0.5) is 5.69 Å². The average molecular weight is 493 g/mol. The first kappa shape index (κ1) is 24.2. The van der Waals surface area contributed by atoms with Gasteiger partial charge in [-0.25, -0.2) is 0 Å². The molecular formula is C27H28N2O3S2. The third kappa shape index (κ3) is 7.05. The Balaban J connectivity index is 1.23. The Kier molecular flexibility index (Phi) is 8.55. The van der Waals surface area contributed by atoms with Crippen LogP contribution in [0.25, 0.3) is 0 Å². The molecule has 2 N–H and O–H groups in total. The number of carbonyl (C=O) groups excluding carboxylic acids is 2. The predicted molar refractivity (Wildman–Crippen MR) is 142 cm³/mol. The van der Waals surface area contributed by atoms with Crippen molar-refractivity contribution >= 4 is 41.0 Å². The molecule has 3 aromatic carbocycles. The smallest absolute Gasteiger partial charge is 0.258 e. The Morgan fingerprint density at radius 2 is 1.71 bits per heavy atom. The molecular weight excluding hydrogens is 464 g/mol. The van der Waals surface area contributed by atoms with E-state index in [-0.39, 0.29) is 18.4 Å². The van der Waals surface area contributed by atoms with E-state index in [0.717, 1.165) is 11.1 Å². The number of hydrogen-bond donors (Lipinski definition) is 2. The third-order valence-electron chi connectivity index (χ3n) is 5.34. The molecule has 7 heteroatoms. The van der Waals surface area contributed by atoms with Crippen LogP contribution in [0, 0.1) is 6.92 Å². The highest BCUT2D eigenvalue weighted by Gasteiger charge is 2.16. The maximum Gasteiger partial charge on any atom is 0.258 e. The molecule has 0 saturated carbocycles. The zero-order valence-electron chi connectivity index (χ0n) is 19.1. The third-order valence-corrected chi connectivity index (χ3v) is 8.35. The summed E-state index contributed by atoms with van der Waals surface area (Å²) in [4.78, 5) is 24.7. The number of benzene rings is 3. The van der Waals surface area contributed by atoms with Gasteiger partial charge in [0.25, 0.3) is 11.8 Å². The van der Waals surface area contributed by atoms with Crippen LogP contribution in [0.1, 0.15) is 38.1 Å². The van der Waals surface area contributed by atoms with Gasteiger partial charge in [-0.2, -0.15) is 0 Å². The van der Waals surface area contributed by atoms with Crippen LogP contribution in [-0.2, 0) is 11.3 Å². The van der Waals surface area contributed by atoms with E-state index in [9.17, 15) is 9.59 Å². The normalized spacial score (nSPS) is 13.8. The molecule has 0 radical (unpaired) electrons. The molecule has 0 aromatic heterocycles. The molecule has 5 nitrogen and oxygen atoms in total. The van der Waals surface area contributed by atoms with E-state index >= 15 is 0 Å². The Morgan fingerprint density at radius 3 is 2.44 bits per heavy atom. The van der Waals surface area contributed by atoms with Gasteiger partial charge in [0.2, 0.25) is 0 Å². The van der Waals surface area contributed by atoms with Crippen LogP contribution < -0.4 is 15.4 Å². The lowest BCUT2D eigenvalue weighted by Crippen LogP contribution is -2.28. The van der Waals surface area contributed by atoms with Crippen molar-refractivity contribution < 1.29 is 14.3 Å².